The van der Waals surface area contributed by atoms with Gasteiger partial charge in [0.15, 0.2) is 5.96 Å². The average Bonchev–Trinajstić information content (AvgIpc) is 2.78. The molecule has 3 heterocycles. The highest BCUT2D eigenvalue weighted by atomic mass is 127. The second-order valence-corrected chi connectivity index (χ2v) is 9.84. The predicted molar refractivity (Wildman–Crippen MR) is 141 cm³/mol. The topological polar surface area (TPSA) is 55.4 Å². The molecule has 2 N–H and O–H groups in total. The van der Waals surface area contributed by atoms with Crippen molar-refractivity contribution in [1.82, 2.24) is 25.3 Å². The molecule has 0 aromatic rings. The van der Waals surface area contributed by atoms with E-state index in [9.17, 15) is 0 Å². The van der Waals surface area contributed by atoms with E-state index in [2.05, 4.69) is 51.2 Å². The Bertz CT molecular complexity index is 526. The molecule has 0 aromatic heterocycles. The molecular weight excluding hydrogens is 503 g/mol. The van der Waals surface area contributed by atoms with Crippen molar-refractivity contribution in [3.63, 3.8) is 0 Å². The number of aliphatic imine (C=N–C) groups is 1. The third-order valence-electron chi connectivity index (χ3n) is 7.52. The molecule has 0 spiro atoms. The Kier molecular flexibility index (Phi) is 11.8. The van der Waals surface area contributed by atoms with Gasteiger partial charge in [0.1, 0.15) is 0 Å². The first-order valence-corrected chi connectivity index (χ1v) is 12.2. The standard InChI is InChI=1S/C23H46N6O.HI/c1-20(2)21(28-14-16-30-17-15-28)18-25-22(24-3)26-19-23(8-12-27(4)13-9-23)29-10-6-5-7-11-29;/h20-21H,5-19H2,1-4H3,(H2,24,25,26);1H. The number of hydrogen-bond acceptors (Lipinski definition) is 5. The highest BCUT2D eigenvalue weighted by Crippen LogP contribution is 2.30. The zero-order valence-corrected chi connectivity index (χ0v) is 22.7. The largest absolute Gasteiger partial charge is 0.379 e. The van der Waals surface area contributed by atoms with Crippen molar-refractivity contribution in [2.24, 2.45) is 10.9 Å². The summed E-state index contributed by atoms with van der Waals surface area (Å²) in [5.41, 5.74) is 0.270. The zero-order chi connectivity index (χ0) is 21.4. The summed E-state index contributed by atoms with van der Waals surface area (Å²) in [5, 5.41) is 7.37. The van der Waals surface area contributed by atoms with Gasteiger partial charge in [-0.25, -0.2) is 0 Å². The lowest BCUT2D eigenvalue weighted by atomic mass is 9.84. The molecule has 3 saturated heterocycles. The molecule has 1 atom stereocenters. The molecule has 31 heavy (non-hydrogen) atoms. The van der Waals surface area contributed by atoms with E-state index in [4.69, 9.17) is 4.74 Å². The molecule has 8 heteroatoms. The van der Waals surface area contributed by atoms with E-state index in [1.54, 1.807) is 0 Å². The summed E-state index contributed by atoms with van der Waals surface area (Å²) in [4.78, 5) is 12.4. The van der Waals surface area contributed by atoms with Gasteiger partial charge in [-0.05, 0) is 64.8 Å². The van der Waals surface area contributed by atoms with E-state index < -0.39 is 0 Å². The minimum atomic E-state index is 0. The van der Waals surface area contributed by atoms with Crippen LogP contribution in [0.3, 0.4) is 0 Å². The normalized spacial score (nSPS) is 25.1. The van der Waals surface area contributed by atoms with Crippen molar-refractivity contribution < 1.29 is 4.74 Å². The number of nitrogens with one attached hydrogen (secondary N) is 2. The van der Waals surface area contributed by atoms with Crippen LogP contribution >= 0.6 is 24.0 Å². The first-order chi connectivity index (χ1) is 14.5. The second-order valence-electron chi connectivity index (χ2n) is 9.84. The highest BCUT2D eigenvalue weighted by Gasteiger charge is 2.39. The van der Waals surface area contributed by atoms with Gasteiger partial charge in [0, 0.05) is 44.8 Å². The Morgan fingerprint density at radius 3 is 2.19 bits per heavy atom. The van der Waals surface area contributed by atoms with Crippen molar-refractivity contribution in [3.8, 4) is 0 Å². The number of piperidine rings is 2. The van der Waals surface area contributed by atoms with Crippen LogP contribution in [0.2, 0.25) is 0 Å². The lowest BCUT2D eigenvalue weighted by Crippen LogP contribution is -2.62. The fourth-order valence-electron chi connectivity index (χ4n) is 5.37. The van der Waals surface area contributed by atoms with E-state index in [1.165, 1.54) is 58.3 Å². The quantitative estimate of drug-likeness (QED) is 0.288. The molecule has 0 aliphatic carbocycles. The smallest absolute Gasteiger partial charge is 0.191 e. The maximum atomic E-state index is 5.55. The predicted octanol–water partition coefficient (Wildman–Crippen LogP) is 2.08. The Morgan fingerprint density at radius 1 is 0.968 bits per heavy atom. The Balaban J connectivity index is 0.00000341. The van der Waals surface area contributed by atoms with Gasteiger partial charge in [-0.2, -0.15) is 0 Å². The van der Waals surface area contributed by atoms with Gasteiger partial charge in [-0.3, -0.25) is 14.8 Å². The lowest BCUT2D eigenvalue weighted by Gasteiger charge is -2.50. The lowest BCUT2D eigenvalue weighted by molar-refractivity contribution is 0.00732. The molecule has 182 valence electrons. The molecule has 3 aliphatic heterocycles. The molecule has 0 radical (unpaired) electrons. The monoisotopic (exact) mass is 550 g/mol. The Hall–Kier alpha value is -0.160. The number of guanidine groups is 1. The van der Waals surface area contributed by atoms with Gasteiger partial charge in [-0.1, -0.05) is 20.3 Å². The van der Waals surface area contributed by atoms with Crippen LogP contribution < -0.4 is 10.6 Å². The van der Waals surface area contributed by atoms with Crippen molar-refractivity contribution in [1.29, 1.82) is 0 Å². The molecule has 0 aromatic carbocycles. The minimum Gasteiger partial charge on any atom is -0.379 e. The number of likely N-dealkylation sites (tertiary alicyclic amines) is 2. The van der Waals surface area contributed by atoms with Crippen LogP contribution in [0.4, 0.5) is 0 Å². The maximum Gasteiger partial charge on any atom is 0.191 e. The van der Waals surface area contributed by atoms with Crippen LogP contribution in [0.1, 0.15) is 46.0 Å². The van der Waals surface area contributed by atoms with Crippen LogP contribution in [-0.2, 0) is 4.74 Å². The maximum absolute atomic E-state index is 5.55. The fraction of sp³-hybridized carbons (Fsp3) is 0.957. The van der Waals surface area contributed by atoms with Crippen molar-refractivity contribution in [3.05, 3.63) is 0 Å². The van der Waals surface area contributed by atoms with Gasteiger partial charge in [0.2, 0.25) is 0 Å². The molecule has 1 unspecified atom stereocenters. The number of morpholine rings is 1. The minimum absolute atomic E-state index is 0. The summed E-state index contributed by atoms with van der Waals surface area (Å²) >= 11 is 0. The van der Waals surface area contributed by atoms with E-state index in [-0.39, 0.29) is 29.5 Å². The van der Waals surface area contributed by atoms with Gasteiger partial charge in [-0.15, -0.1) is 24.0 Å². The molecule has 3 rings (SSSR count). The Morgan fingerprint density at radius 2 is 1.61 bits per heavy atom. The number of ether oxygens (including phenoxy) is 1. The molecule has 0 amide bonds. The molecule has 3 aliphatic rings. The zero-order valence-electron chi connectivity index (χ0n) is 20.4. The number of rotatable bonds is 7. The van der Waals surface area contributed by atoms with Gasteiger partial charge in [0.25, 0.3) is 0 Å². The number of hydrogen-bond donors (Lipinski definition) is 2. The first kappa shape index (κ1) is 27.1. The second kappa shape index (κ2) is 13.5. The van der Waals surface area contributed by atoms with Gasteiger partial charge in [0.05, 0.1) is 13.2 Å². The van der Waals surface area contributed by atoms with E-state index in [0.29, 0.717) is 12.0 Å². The van der Waals surface area contributed by atoms with E-state index in [0.717, 1.165) is 45.4 Å². The summed E-state index contributed by atoms with van der Waals surface area (Å²) in [6.45, 7) is 15.2. The number of nitrogens with zero attached hydrogens (tertiary/aromatic N) is 4. The summed E-state index contributed by atoms with van der Waals surface area (Å²) in [7, 11) is 4.16. The molecule has 0 bridgehead atoms. The van der Waals surface area contributed by atoms with Gasteiger partial charge >= 0.3 is 0 Å². The summed E-state index contributed by atoms with van der Waals surface area (Å²) in [5.74, 6) is 1.55. The van der Waals surface area contributed by atoms with Crippen molar-refractivity contribution in [2.75, 3.05) is 79.7 Å². The average molecular weight is 551 g/mol. The Labute approximate surface area is 207 Å². The third-order valence-corrected chi connectivity index (χ3v) is 7.52. The number of halogens is 1. The molecule has 3 fully saturated rings. The first-order valence-electron chi connectivity index (χ1n) is 12.2. The van der Waals surface area contributed by atoms with Crippen molar-refractivity contribution >= 4 is 29.9 Å². The summed E-state index contributed by atoms with van der Waals surface area (Å²) < 4.78 is 5.55. The van der Waals surface area contributed by atoms with Gasteiger partial charge < -0.3 is 20.3 Å². The van der Waals surface area contributed by atoms with Crippen LogP contribution in [0.25, 0.3) is 0 Å². The summed E-state index contributed by atoms with van der Waals surface area (Å²) in [6, 6.07) is 0.506. The van der Waals surface area contributed by atoms with Crippen LogP contribution in [-0.4, -0.2) is 112 Å². The van der Waals surface area contributed by atoms with Crippen molar-refractivity contribution in [2.45, 2.75) is 57.5 Å². The molecule has 0 saturated carbocycles. The summed E-state index contributed by atoms with van der Waals surface area (Å²) in [6.07, 6.45) is 6.58. The SMILES string of the molecule is CN=C(NCC(C(C)C)N1CCOCC1)NCC1(N2CCCCC2)CCN(C)CC1.I. The third kappa shape index (κ3) is 7.69. The van der Waals surface area contributed by atoms with Crippen LogP contribution in [0.5, 0.6) is 0 Å². The highest BCUT2D eigenvalue weighted by molar-refractivity contribution is 14.0. The molecule has 7 nitrogen and oxygen atoms in total. The van der Waals surface area contributed by atoms with Crippen LogP contribution in [0, 0.1) is 5.92 Å². The van der Waals surface area contributed by atoms with Crippen LogP contribution in [0.15, 0.2) is 4.99 Å². The van der Waals surface area contributed by atoms with E-state index >= 15 is 0 Å². The van der Waals surface area contributed by atoms with E-state index in [1.807, 2.05) is 7.05 Å². The molecular formula is C23H47IN6O. The fourth-order valence-corrected chi connectivity index (χ4v) is 5.37.